The van der Waals surface area contributed by atoms with Crippen molar-refractivity contribution in [2.75, 3.05) is 0 Å². The smallest absolute Gasteiger partial charge is 0.151 e. The first-order chi connectivity index (χ1) is 6.22. The minimum atomic E-state index is 0.480. The molecule has 3 nitrogen and oxygen atoms in total. The molecular formula is C8H4BrClN2O. The van der Waals surface area contributed by atoms with Gasteiger partial charge in [-0.25, -0.2) is 0 Å². The molecule has 1 N–H and O–H groups in total. The summed E-state index contributed by atoms with van der Waals surface area (Å²) in [5.74, 6) is 0. The Balaban J connectivity index is 2.83. The van der Waals surface area contributed by atoms with Gasteiger partial charge >= 0.3 is 0 Å². The van der Waals surface area contributed by atoms with E-state index in [2.05, 4.69) is 26.1 Å². The Morgan fingerprint density at radius 1 is 1.54 bits per heavy atom. The predicted molar refractivity (Wildman–Crippen MR) is 54.2 cm³/mol. The average molecular weight is 259 g/mol. The van der Waals surface area contributed by atoms with E-state index in [1.54, 1.807) is 12.1 Å². The van der Waals surface area contributed by atoms with Crippen LogP contribution < -0.4 is 0 Å². The zero-order valence-corrected chi connectivity index (χ0v) is 8.69. The third-order valence-electron chi connectivity index (χ3n) is 1.75. The van der Waals surface area contributed by atoms with Gasteiger partial charge in [-0.1, -0.05) is 27.5 Å². The van der Waals surface area contributed by atoms with E-state index in [4.69, 9.17) is 11.6 Å². The molecular weight excluding hydrogens is 255 g/mol. The Bertz CT molecular complexity index is 480. The molecule has 2 rings (SSSR count). The summed E-state index contributed by atoms with van der Waals surface area (Å²) in [5, 5.41) is 7.85. The number of carbonyl (C=O) groups excluding carboxylic acids is 1. The number of aldehydes is 1. The van der Waals surface area contributed by atoms with E-state index in [-0.39, 0.29) is 0 Å². The Hall–Kier alpha value is -0.870. The van der Waals surface area contributed by atoms with Crippen molar-refractivity contribution in [3.63, 3.8) is 0 Å². The maximum absolute atomic E-state index is 10.6. The van der Waals surface area contributed by atoms with Gasteiger partial charge in [-0.3, -0.25) is 9.89 Å². The molecule has 1 aromatic heterocycles. The van der Waals surface area contributed by atoms with Crippen molar-refractivity contribution in [1.82, 2.24) is 10.2 Å². The molecule has 0 fully saturated rings. The molecule has 0 spiro atoms. The van der Waals surface area contributed by atoms with Crippen molar-refractivity contribution in [2.24, 2.45) is 0 Å². The largest absolute Gasteiger partial charge is 0.298 e. The van der Waals surface area contributed by atoms with Crippen molar-refractivity contribution >= 4 is 44.7 Å². The van der Waals surface area contributed by atoms with Crippen molar-refractivity contribution in [3.8, 4) is 0 Å². The normalized spacial score (nSPS) is 10.6. The minimum Gasteiger partial charge on any atom is -0.298 e. The SMILES string of the molecule is O=Cc1cc2n[nH]c(Cl)c2cc1Br. The summed E-state index contributed by atoms with van der Waals surface area (Å²) in [7, 11) is 0. The average Bonchev–Trinajstić information content (AvgIpc) is 2.47. The van der Waals surface area contributed by atoms with E-state index in [1.165, 1.54) is 0 Å². The second kappa shape index (κ2) is 3.12. The first-order valence-corrected chi connectivity index (χ1v) is 4.68. The molecule has 0 radical (unpaired) electrons. The molecule has 0 aliphatic rings. The first-order valence-electron chi connectivity index (χ1n) is 3.50. The fourth-order valence-corrected chi connectivity index (χ4v) is 1.74. The maximum Gasteiger partial charge on any atom is 0.151 e. The lowest BCUT2D eigenvalue weighted by atomic mass is 10.2. The van der Waals surface area contributed by atoms with Crippen LogP contribution >= 0.6 is 27.5 Å². The van der Waals surface area contributed by atoms with E-state index in [0.717, 1.165) is 16.1 Å². The molecule has 0 saturated carbocycles. The van der Waals surface area contributed by atoms with Gasteiger partial charge in [0.1, 0.15) is 5.15 Å². The zero-order valence-electron chi connectivity index (χ0n) is 6.34. The number of nitrogens with zero attached hydrogens (tertiary/aromatic N) is 1. The number of hydrogen-bond donors (Lipinski definition) is 1. The number of aromatic nitrogens is 2. The van der Waals surface area contributed by atoms with E-state index >= 15 is 0 Å². The van der Waals surface area contributed by atoms with Crippen LogP contribution in [0.2, 0.25) is 5.15 Å². The van der Waals surface area contributed by atoms with E-state index in [1.807, 2.05) is 0 Å². The summed E-state index contributed by atoms with van der Waals surface area (Å²) in [5.41, 5.74) is 1.26. The summed E-state index contributed by atoms with van der Waals surface area (Å²) in [6, 6.07) is 3.44. The summed E-state index contributed by atoms with van der Waals surface area (Å²) in [4.78, 5) is 10.6. The number of hydrogen-bond acceptors (Lipinski definition) is 2. The summed E-state index contributed by atoms with van der Waals surface area (Å²) in [6.45, 7) is 0. The third kappa shape index (κ3) is 1.36. The summed E-state index contributed by atoms with van der Waals surface area (Å²) < 4.78 is 0.721. The summed E-state index contributed by atoms with van der Waals surface area (Å²) in [6.07, 6.45) is 0.770. The topological polar surface area (TPSA) is 45.8 Å². The number of H-pyrrole nitrogens is 1. The second-order valence-corrected chi connectivity index (χ2v) is 3.78. The highest BCUT2D eigenvalue weighted by Crippen LogP contribution is 2.26. The minimum absolute atomic E-state index is 0.480. The first kappa shape index (κ1) is 8.72. The lowest BCUT2D eigenvalue weighted by Gasteiger charge is -1.95. The molecule has 0 amide bonds. The van der Waals surface area contributed by atoms with Crippen LogP contribution in [0.1, 0.15) is 10.4 Å². The van der Waals surface area contributed by atoms with E-state index in [9.17, 15) is 4.79 Å². The Kier molecular flexibility index (Phi) is 2.09. The molecule has 2 aromatic rings. The molecule has 5 heteroatoms. The molecule has 66 valence electrons. The van der Waals surface area contributed by atoms with Gasteiger partial charge in [0.05, 0.1) is 5.52 Å². The summed E-state index contributed by atoms with van der Waals surface area (Å²) >= 11 is 9.08. The van der Waals surface area contributed by atoms with Gasteiger partial charge in [-0.15, -0.1) is 0 Å². The second-order valence-electron chi connectivity index (χ2n) is 2.55. The van der Waals surface area contributed by atoms with Crippen LogP contribution in [0, 0.1) is 0 Å². The molecule has 1 heterocycles. The molecule has 0 bridgehead atoms. The van der Waals surface area contributed by atoms with Gasteiger partial charge in [0.25, 0.3) is 0 Å². The Morgan fingerprint density at radius 2 is 2.31 bits per heavy atom. The number of nitrogens with one attached hydrogen (secondary N) is 1. The molecule has 0 unspecified atom stereocenters. The number of fused-ring (bicyclic) bond motifs is 1. The highest BCUT2D eigenvalue weighted by molar-refractivity contribution is 9.10. The lowest BCUT2D eigenvalue weighted by molar-refractivity contribution is 0.112. The van der Waals surface area contributed by atoms with Gasteiger partial charge in [0.2, 0.25) is 0 Å². The zero-order chi connectivity index (χ0) is 9.42. The van der Waals surface area contributed by atoms with Gasteiger partial charge in [0, 0.05) is 15.4 Å². The molecule has 0 atom stereocenters. The van der Waals surface area contributed by atoms with Gasteiger partial charge in [0.15, 0.2) is 6.29 Å². The van der Waals surface area contributed by atoms with Gasteiger partial charge in [-0.05, 0) is 12.1 Å². The number of rotatable bonds is 1. The van der Waals surface area contributed by atoms with Crippen molar-refractivity contribution in [2.45, 2.75) is 0 Å². The quantitative estimate of drug-likeness (QED) is 0.801. The van der Waals surface area contributed by atoms with Crippen molar-refractivity contribution < 1.29 is 4.79 Å². The maximum atomic E-state index is 10.6. The predicted octanol–water partition coefficient (Wildman–Crippen LogP) is 2.79. The third-order valence-corrected chi connectivity index (χ3v) is 2.73. The van der Waals surface area contributed by atoms with Gasteiger partial charge < -0.3 is 0 Å². The van der Waals surface area contributed by atoms with E-state index in [0.29, 0.717) is 16.2 Å². The number of aromatic amines is 1. The van der Waals surface area contributed by atoms with Crippen LogP contribution in [0.5, 0.6) is 0 Å². The van der Waals surface area contributed by atoms with Crippen molar-refractivity contribution in [3.05, 3.63) is 27.3 Å². The molecule has 1 aromatic carbocycles. The van der Waals surface area contributed by atoms with Crippen LogP contribution in [-0.2, 0) is 0 Å². The van der Waals surface area contributed by atoms with Crippen LogP contribution in [0.25, 0.3) is 10.9 Å². The number of carbonyl (C=O) groups is 1. The molecule has 13 heavy (non-hydrogen) atoms. The number of halogens is 2. The van der Waals surface area contributed by atoms with Crippen LogP contribution in [0.4, 0.5) is 0 Å². The van der Waals surface area contributed by atoms with E-state index < -0.39 is 0 Å². The Morgan fingerprint density at radius 3 is 3.00 bits per heavy atom. The monoisotopic (exact) mass is 258 g/mol. The van der Waals surface area contributed by atoms with Crippen LogP contribution in [-0.4, -0.2) is 16.5 Å². The highest BCUT2D eigenvalue weighted by Gasteiger charge is 2.06. The van der Waals surface area contributed by atoms with Crippen molar-refractivity contribution in [1.29, 1.82) is 0 Å². The highest BCUT2D eigenvalue weighted by atomic mass is 79.9. The van der Waals surface area contributed by atoms with Gasteiger partial charge in [-0.2, -0.15) is 5.10 Å². The standard InChI is InChI=1S/C8H4BrClN2O/c9-6-2-5-7(1-4(6)3-13)11-12-8(5)10/h1-3H,(H,11,12). The molecule has 0 aliphatic heterocycles. The lowest BCUT2D eigenvalue weighted by Crippen LogP contribution is -1.81. The molecule has 0 saturated heterocycles. The fourth-order valence-electron chi connectivity index (χ4n) is 1.11. The fraction of sp³-hybridized carbons (Fsp3) is 0. The molecule has 0 aliphatic carbocycles. The van der Waals surface area contributed by atoms with Crippen LogP contribution in [0.15, 0.2) is 16.6 Å². The number of benzene rings is 1. The Labute approximate surface area is 87.2 Å². The van der Waals surface area contributed by atoms with Crippen LogP contribution in [0.3, 0.4) is 0 Å².